The fourth-order valence-corrected chi connectivity index (χ4v) is 3.82. The van der Waals surface area contributed by atoms with Crippen LogP contribution in [-0.2, 0) is 16.0 Å². The first-order valence-corrected chi connectivity index (χ1v) is 11.1. The Hall–Kier alpha value is -3.41. The van der Waals surface area contributed by atoms with Crippen LogP contribution in [0.4, 0.5) is 0 Å². The monoisotopic (exact) mass is 434 g/mol. The van der Waals surface area contributed by atoms with Crippen molar-refractivity contribution in [1.82, 2.24) is 10.2 Å². The van der Waals surface area contributed by atoms with Gasteiger partial charge in [0.15, 0.2) is 0 Å². The third kappa shape index (κ3) is 7.38. The van der Waals surface area contributed by atoms with Gasteiger partial charge in [0, 0.05) is 31.3 Å². The average Bonchev–Trinajstić information content (AvgIpc) is 3.54. The van der Waals surface area contributed by atoms with Crippen molar-refractivity contribution in [1.29, 1.82) is 0 Å². The van der Waals surface area contributed by atoms with Gasteiger partial charge in [0.1, 0.15) is 0 Å². The average molecular weight is 435 g/mol. The summed E-state index contributed by atoms with van der Waals surface area (Å²) in [7, 11) is 0. The first-order valence-electron chi connectivity index (χ1n) is 11.1. The van der Waals surface area contributed by atoms with Crippen LogP contribution in [0, 0.1) is 11.8 Å². The molecule has 0 spiro atoms. The molecule has 2 fully saturated rings. The molecule has 2 amide bonds. The number of carboxylic acid groups (broad SMARTS) is 1. The van der Waals surface area contributed by atoms with Gasteiger partial charge in [-0.2, -0.15) is 0 Å². The normalized spacial score (nSPS) is 17.5. The topological polar surface area (TPSA) is 86.7 Å². The fourth-order valence-electron chi connectivity index (χ4n) is 3.82. The zero-order chi connectivity index (χ0) is 22.8. The highest BCUT2D eigenvalue weighted by Crippen LogP contribution is 2.27. The zero-order valence-corrected chi connectivity index (χ0v) is 18.2. The van der Waals surface area contributed by atoms with Crippen molar-refractivity contribution < 1.29 is 19.5 Å². The molecule has 2 aromatic carbocycles. The van der Waals surface area contributed by atoms with Crippen LogP contribution in [0.1, 0.15) is 40.7 Å². The van der Waals surface area contributed by atoms with Crippen molar-refractivity contribution in [2.75, 3.05) is 19.6 Å². The number of amides is 2. The van der Waals surface area contributed by atoms with E-state index < -0.39 is 0 Å². The summed E-state index contributed by atoms with van der Waals surface area (Å²) in [6, 6.07) is 17.8. The van der Waals surface area contributed by atoms with Crippen molar-refractivity contribution in [2.24, 2.45) is 11.8 Å². The van der Waals surface area contributed by atoms with E-state index in [1.54, 1.807) is 6.08 Å². The lowest BCUT2D eigenvalue weighted by Gasteiger charge is -2.14. The molecule has 6 heteroatoms. The Kier molecular flexibility index (Phi) is 8.61. The molecule has 168 valence electrons. The van der Waals surface area contributed by atoms with E-state index in [2.05, 4.69) is 5.32 Å². The molecule has 1 unspecified atom stereocenters. The van der Waals surface area contributed by atoms with Crippen LogP contribution >= 0.6 is 0 Å². The van der Waals surface area contributed by atoms with Gasteiger partial charge < -0.3 is 15.3 Å². The predicted molar refractivity (Wildman–Crippen MR) is 124 cm³/mol. The molecule has 0 radical (unpaired) electrons. The first kappa shape index (κ1) is 23.3. The lowest BCUT2D eigenvalue weighted by molar-refractivity contribution is -0.125. The molecule has 1 saturated heterocycles. The van der Waals surface area contributed by atoms with Gasteiger partial charge in [0.2, 0.25) is 5.91 Å². The molecule has 1 heterocycles. The number of nitrogens with zero attached hydrogens (tertiary/aromatic N) is 1. The summed E-state index contributed by atoms with van der Waals surface area (Å²) in [5, 5.41) is 9.89. The molecular weight excluding hydrogens is 404 g/mol. The van der Waals surface area contributed by atoms with Crippen molar-refractivity contribution >= 4 is 24.4 Å². The maximum absolute atomic E-state index is 12.4. The highest BCUT2D eigenvalue weighted by atomic mass is 16.3. The molecule has 1 saturated carbocycles. The van der Waals surface area contributed by atoms with Gasteiger partial charge >= 0.3 is 0 Å². The SMILES string of the molecule is O=C(NCC1CC1)c1ccc(CC2CCN(C(=O)/C=C/c3ccccc3)C2)cc1.O=CO. The van der Waals surface area contributed by atoms with E-state index in [1.165, 1.54) is 18.4 Å². The summed E-state index contributed by atoms with van der Waals surface area (Å²) in [5.41, 5.74) is 2.99. The second-order valence-corrected chi connectivity index (χ2v) is 8.34. The molecule has 4 rings (SSSR count). The lowest BCUT2D eigenvalue weighted by Crippen LogP contribution is -2.27. The highest BCUT2D eigenvalue weighted by molar-refractivity contribution is 5.94. The summed E-state index contributed by atoms with van der Waals surface area (Å²) in [6.07, 6.45) is 7.99. The van der Waals surface area contributed by atoms with Crippen LogP contribution in [0.15, 0.2) is 60.7 Å². The van der Waals surface area contributed by atoms with Gasteiger partial charge in [-0.05, 0) is 66.9 Å². The Labute approximate surface area is 188 Å². The first-order chi connectivity index (χ1) is 15.6. The van der Waals surface area contributed by atoms with E-state index in [0.29, 0.717) is 11.8 Å². The smallest absolute Gasteiger partial charge is 0.290 e. The molecule has 0 aromatic heterocycles. The van der Waals surface area contributed by atoms with E-state index in [0.717, 1.165) is 43.6 Å². The van der Waals surface area contributed by atoms with E-state index in [4.69, 9.17) is 9.90 Å². The molecule has 2 aromatic rings. The predicted octanol–water partition coefficient (Wildman–Crippen LogP) is 3.63. The molecule has 32 heavy (non-hydrogen) atoms. The quantitative estimate of drug-likeness (QED) is 0.515. The Balaban J connectivity index is 0.000000913. The van der Waals surface area contributed by atoms with Gasteiger partial charge in [-0.1, -0.05) is 42.5 Å². The molecule has 2 N–H and O–H groups in total. The van der Waals surface area contributed by atoms with E-state index in [1.807, 2.05) is 65.6 Å². The number of nitrogens with one attached hydrogen (secondary N) is 1. The van der Waals surface area contributed by atoms with Crippen LogP contribution < -0.4 is 5.32 Å². The number of likely N-dealkylation sites (tertiary alicyclic amines) is 1. The lowest BCUT2D eigenvalue weighted by atomic mass is 9.98. The van der Waals surface area contributed by atoms with Crippen LogP contribution in [0.25, 0.3) is 6.08 Å². The van der Waals surface area contributed by atoms with Crippen molar-refractivity contribution in [3.05, 3.63) is 77.4 Å². The minimum Gasteiger partial charge on any atom is -0.483 e. The minimum absolute atomic E-state index is 0.0197. The van der Waals surface area contributed by atoms with Crippen LogP contribution in [-0.4, -0.2) is 47.9 Å². The van der Waals surface area contributed by atoms with Crippen molar-refractivity contribution in [2.45, 2.75) is 25.7 Å². The molecule has 6 nitrogen and oxygen atoms in total. The minimum atomic E-state index is -0.250. The second-order valence-electron chi connectivity index (χ2n) is 8.34. The summed E-state index contributed by atoms with van der Waals surface area (Å²) >= 11 is 0. The number of carbonyl (C=O) groups is 3. The van der Waals surface area contributed by atoms with Crippen LogP contribution in [0.3, 0.4) is 0 Å². The van der Waals surface area contributed by atoms with E-state index in [9.17, 15) is 9.59 Å². The van der Waals surface area contributed by atoms with Crippen molar-refractivity contribution in [3.63, 3.8) is 0 Å². The molecule has 2 aliphatic rings. The highest BCUT2D eigenvalue weighted by Gasteiger charge is 2.25. The van der Waals surface area contributed by atoms with Crippen LogP contribution in [0.2, 0.25) is 0 Å². The maximum atomic E-state index is 12.4. The molecule has 1 aliphatic carbocycles. The van der Waals surface area contributed by atoms with Crippen molar-refractivity contribution in [3.8, 4) is 0 Å². The Morgan fingerprint density at radius 2 is 1.69 bits per heavy atom. The third-order valence-electron chi connectivity index (χ3n) is 5.80. The second kappa shape index (κ2) is 11.8. The Morgan fingerprint density at radius 1 is 1.00 bits per heavy atom. The van der Waals surface area contributed by atoms with E-state index >= 15 is 0 Å². The van der Waals surface area contributed by atoms with Gasteiger partial charge in [0.05, 0.1) is 0 Å². The number of benzene rings is 2. The number of hydrogen-bond acceptors (Lipinski definition) is 3. The standard InChI is InChI=1S/C25H28N2O2.CH2O2/c28-24(13-10-19-4-2-1-3-5-19)27-15-14-22(18-27)16-20-8-11-23(12-9-20)25(29)26-17-21-6-7-21;2-1-3/h1-5,8-13,21-22H,6-7,14-18H2,(H,26,29);1H,(H,2,3)/b13-10+;. The van der Waals surface area contributed by atoms with Gasteiger partial charge in [-0.15, -0.1) is 0 Å². The van der Waals surface area contributed by atoms with Gasteiger partial charge in [-0.3, -0.25) is 14.4 Å². The third-order valence-corrected chi connectivity index (χ3v) is 5.80. The molecule has 0 bridgehead atoms. The van der Waals surface area contributed by atoms with Crippen LogP contribution in [0.5, 0.6) is 0 Å². The number of carbonyl (C=O) groups excluding carboxylic acids is 2. The summed E-state index contributed by atoms with van der Waals surface area (Å²) in [4.78, 5) is 34.9. The molecular formula is C26H30N2O4. The Morgan fingerprint density at radius 3 is 2.34 bits per heavy atom. The number of rotatable bonds is 7. The molecule has 1 atom stereocenters. The summed E-state index contributed by atoms with van der Waals surface area (Å²) < 4.78 is 0. The Bertz CT molecular complexity index is 921. The van der Waals surface area contributed by atoms with E-state index in [-0.39, 0.29) is 18.3 Å². The maximum Gasteiger partial charge on any atom is 0.290 e. The largest absolute Gasteiger partial charge is 0.483 e. The summed E-state index contributed by atoms with van der Waals surface area (Å²) in [6.45, 7) is 2.15. The zero-order valence-electron chi connectivity index (χ0n) is 18.2. The number of hydrogen-bond donors (Lipinski definition) is 2. The van der Waals surface area contributed by atoms with Gasteiger partial charge in [0.25, 0.3) is 12.4 Å². The molecule has 1 aliphatic heterocycles. The summed E-state index contributed by atoms with van der Waals surface area (Å²) in [5.74, 6) is 1.26. The fraction of sp³-hybridized carbons (Fsp3) is 0.346. The van der Waals surface area contributed by atoms with Gasteiger partial charge in [-0.25, -0.2) is 0 Å².